The van der Waals surface area contributed by atoms with Crippen LogP contribution in [-0.4, -0.2) is 32.6 Å². The van der Waals surface area contributed by atoms with Crippen LogP contribution in [0, 0.1) is 5.92 Å². The minimum Gasteiger partial charge on any atom is -0.348 e. The Morgan fingerprint density at radius 2 is 1.82 bits per heavy atom. The van der Waals surface area contributed by atoms with Gasteiger partial charge in [-0.25, -0.2) is 0 Å². The third kappa shape index (κ3) is 4.64. The molecule has 0 bridgehead atoms. The summed E-state index contributed by atoms with van der Waals surface area (Å²) in [5.74, 6) is 0.426. The Kier molecular flexibility index (Phi) is 5.65. The molecule has 0 spiro atoms. The first-order chi connectivity index (χ1) is 15.9. The van der Waals surface area contributed by atoms with E-state index in [1.807, 2.05) is 29.2 Å². The van der Waals surface area contributed by atoms with Gasteiger partial charge in [-0.1, -0.05) is 18.6 Å². The maximum atomic E-state index is 12.8. The van der Waals surface area contributed by atoms with E-state index in [2.05, 4.69) is 15.0 Å². The molecule has 33 heavy (non-hydrogen) atoms. The van der Waals surface area contributed by atoms with E-state index in [0.29, 0.717) is 17.9 Å². The summed E-state index contributed by atoms with van der Waals surface area (Å²) in [7, 11) is -3.84. The smallest absolute Gasteiger partial charge is 0.286 e. The average molecular weight is 467 g/mol. The largest absolute Gasteiger partial charge is 0.348 e. The van der Waals surface area contributed by atoms with Crippen LogP contribution in [0.15, 0.2) is 51.8 Å². The lowest BCUT2D eigenvalue weighted by Crippen LogP contribution is -2.35. The number of amidine groups is 1. The molecule has 2 amide bonds. The molecule has 2 fully saturated rings. The van der Waals surface area contributed by atoms with Gasteiger partial charge in [-0.15, -0.1) is 4.40 Å². The van der Waals surface area contributed by atoms with E-state index in [0.717, 1.165) is 49.9 Å². The Labute approximate surface area is 193 Å². The van der Waals surface area contributed by atoms with Crippen molar-refractivity contribution in [2.75, 3.05) is 16.8 Å². The van der Waals surface area contributed by atoms with E-state index in [-0.39, 0.29) is 34.7 Å². The number of fused-ring (bicyclic) bond motifs is 3. The van der Waals surface area contributed by atoms with E-state index >= 15 is 0 Å². The van der Waals surface area contributed by atoms with E-state index in [1.165, 1.54) is 6.07 Å². The van der Waals surface area contributed by atoms with Crippen LogP contribution in [0.5, 0.6) is 0 Å². The average Bonchev–Trinajstić information content (AvgIpc) is 3.66. The number of rotatable bonds is 5. The Morgan fingerprint density at radius 1 is 1.03 bits per heavy atom. The number of sulfonamides is 1. The second-order valence-electron chi connectivity index (χ2n) is 8.77. The van der Waals surface area contributed by atoms with Gasteiger partial charge in [-0.05, 0) is 61.6 Å². The van der Waals surface area contributed by atoms with E-state index in [1.54, 1.807) is 12.1 Å². The van der Waals surface area contributed by atoms with E-state index < -0.39 is 10.0 Å². The third-order valence-electron chi connectivity index (χ3n) is 6.23. The first-order valence-corrected chi connectivity index (χ1v) is 12.8. The normalized spacial score (nSPS) is 18.9. The maximum Gasteiger partial charge on any atom is 0.286 e. The molecule has 0 radical (unpaired) electrons. The summed E-state index contributed by atoms with van der Waals surface area (Å²) in [4.78, 5) is 26.6. The minimum atomic E-state index is -3.84. The highest BCUT2D eigenvalue weighted by molar-refractivity contribution is 7.90. The molecule has 2 aliphatic heterocycles. The zero-order chi connectivity index (χ0) is 23.0. The van der Waals surface area contributed by atoms with Crippen molar-refractivity contribution >= 4 is 39.0 Å². The second-order valence-corrected chi connectivity index (χ2v) is 10.3. The van der Waals surface area contributed by atoms with Gasteiger partial charge in [0.1, 0.15) is 10.7 Å². The summed E-state index contributed by atoms with van der Waals surface area (Å²) in [5.41, 5.74) is 2.48. The van der Waals surface area contributed by atoms with Crippen molar-refractivity contribution in [3.8, 4) is 0 Å². The molecule has 2 aromatic carbocycles. The number of benzene rings is 2. The first-order valence-electron chi connectivity index (χ1n) is 11.3. The van der Waals surface area contributed by atoms with Crippen LogP contribution in [0.1, 0.15) is 54.4 Å². The molecule has 0 unspecified atom stereocenters. The predicted molar refractivity (Wildman–Crippen MR) is 126 cm³/mol. The highest BCUT2D eigenvalue weighted by Crippen LogP contribution is 2.35. The van der Waals surface area contributed by atoms with Crippen LogP contribution in [0.4, 0.5) is 11.4 Å². The molecule has 5 rings (SSSR count). The van der Waals surface area contributed by atoms with Gasteiger partial charge in [0, 0.05) is 36.7 Å². The lowest BCUT2D eigenvalue weighted by molar-refractivity contribution is -0.117. The molecule has 8 nitrogen and oxygen atoms in total. The lowest BCUT2D eigenvalue weighted by atomic mass is 10.1. The molecule has 0 aromatic heterocycles. The third-order valence-corrected chi connectivity index (χ3v) is 7.57. The predicted octanol–water partition coefficient (Wildman–Crippen LogP) is 3.45. The van der Waals surface area contributed by atoms with Crippen molar-refractivity contribution in [1.82, 2.24) is 5.32 Å². The summed E-state index contributed by atoms with van der Waals surface area (Å²) < 4.78 is 29.6. The van der Waals surface area contributed by atoms with Crippen LogP contribution >= 0.6 is 0 Å². The summed E-state index contributed by atoms with van der Waals surface area (Å²) in [5, 5.41) is 5.72. The molecular weight excluding hydrogens is 440 g/mol. The number of hydrogen-bond acceptors (Lipinski definition) is 5. The topological polar surface area (TPSA) is 108 Å². The van der Waals surface area contributed by atoms with E-state index in [4.69, 9.17) is 0 Å². The molecule has 3 aliphatic rings. The fraction of sp³-hybridized carbons (Fsp3) is 0.375. The summed E-state index contributed by atoms with van der Waals surface area (Å²) in [6.45, 7) is 1.01. The highest BCUT2D eigenvalue weighted by atomic mass is 32.2. The van der Waals surface area contributed by atoms with E-state index in [9.17, 15) is 18.0 Å². The van der Waals surface area contributed by atoms with Crippen molar-refractivity contribution in [2.45, 2.75) is 50.0 Å². The van der Waals surface area contributed by atoms with Crippen LogP contribution in [-0.2, 0) is 21.4 Å². The molecule has 1 saturated carbocycles. The van der Waals surface area contributed by atoms with Crippen molar-refractivity contribution in [2.24, 2.45) is 10.3 Å². The quantitative estimate of drug-likeness (QED) is 0.702. The van der Waals surface area contributed by atoms with Crippen LogP contribution < -0.4 is 15.5 Å². The van der Waals surface area contributed by atoms with Crippen molar-refractivity contribution < 1.29 is 18.0 Å². The number of nitrogens with one attached hydrogen (secondary N) is 2. The number of anilines is 2. The standard InChI is InChI=1S/C24H26N4O4S/c29-23(25-15-16-5-10-19(11-6-16)26-24(30)17-7-8-17)18-9-12-20-21(14-18)33(31,32)27-22-4-2-1-3-13-28(20)22/h5-6,9-12,14,17H,1-4,7-8,13,15H2,(H,25,29)(H,26,30). The minimum absolute atomic E-state index is 0.0510. The summed E-state index contributed by atoms with van der Waals surface area (Å²) in [6.07, 6.45) is 5.48. The van der Waals surface area contributed by atoms with Gasteiger partial charge < -0.3 is 15.5 Å². The maximum absolute atomic E-state index is 12.8. The monoisotopic (exact) mass is 466 g/mol. The molecule has 1 aliphatic carbocycles. The number of amides is 2. The van der Waals surface area contributed by atoms with Crippen LogP contribution in [0.3, 0.4) is 0 Å². The molecule has 1 saturated heterocycles. The fourth-order valence-corrected chi connectivity index (χ4v) is 5.49. The molecule has 0 atom stereocenters. The van der Waals surface area contributed by atoms with Crippen LogP contribution in [0.25, 0.3) is 0 Å². The zero-order valence-electron chi connectivity index (χ0n) is 18.2. The Morgan fingerprint density at radius 3 is 2.58 bits per heavy atom. The number of carbonyl (C=O) groups excluding carboxylic acids is 2. The molecule has 9 heteroatoms. The first kappa shape index (κ1) is 21.6. The zero-order valence-corrected chi connectivity index (χ0v) is 19.0. The molecule has 2 heterocycles. The molecular formula is C24H26N4O4S. The molecule has 172 valence electrons. The lowest BCUT2D eigenvalue weighted by Gasteiger charge is -2.29. The van der Waals surface area contributed by atoms with Crippen molar-refractivity contribution in [3.05, 3.63) is 53.6 Å². The summed E-state index contributed by atoms with van der Waals surface area (Å²) in [6, 6.07) is 12.1. The number of hydrogen-bond donors (Lipinski definition) is 2. The van der Waals surface area contributed by atoms with Gasteiger partial charge in [-0.3, -0.25) is 9.59 Å². The molecule has 2 aromatic rings. The van der Waals surface area contributed by atoms with Crippen LogP contribution in [0.2, 0.25) is 0 Å². The number of carbonyl (C=O) groups is 2. The summed E-state index contributed by atoms with van der Waals surface area (Å²) >= 11 is 0. The number of nitrogens with zero attached hydrogens (tertiary/aromatic N) is 2. The SMILES string of the molecule is O=C(NCc1ccc(NC(=O)C2CC2)cc1)c1ccc2c(c1)S(=O)(=O)N=C1CCCCCN12. The molecule has 2 N–H and O–H groups in total. The van der Waals surface area contributed by atoms with Gasteiger partial charge in [0.25, 0.3) is 15.9 Å². The fourth-order valence-electron chi connectivity index (χ4n) is 4.20. The van der Waals surface area contributed by atoms with Crippen molar-refractivity contribution in [3.63, 3.8) is 0 Å². The highest BCUT2D eigenvalue weighted by Gasteiger charge is 2.32. The van der Waals surface area contributed by atoms with Gasteiger partial charge in [-0.2, -0.15) is 8.42 Å². The Bertz CT molecular complexity index is 1230. The second kappa shape index (κ2) is 8.62. The van der Waals surface area contributed by atoms with Crippen molar-refractivity contribution in [1.29, 1.82) is 0 Å². The van der Waals surface area contributed by atoms with Gasteiger partial charge in [0.2, 0.25) is 5.91 Å². The van der Waals surface area contributed by atoms with Gasteiger partial charge in [0.05, 0.1) is 5.69 Å². The van der Waals surface area contributed by atoms with Gasteiger partial charge >= 0.3 is 0 Å². The Hall–Kier alpha value is -3.20. The van der Waals surface area contributed by atoms with Gasteiger partial charge in [0.15, 0.2) is 0 Å². The Balaban J connectivity index is 1.27.